The van der Waals surface area contributed by atoms with Gasteiger partial charge in [-0.2, -0.15) is 0 Å². The highest BCUT2D eigenvalue weighted by molar-refractivity contribution is 14.0. The predicted octanol–water partition coefficient (Wildman–Crippen LogP) is 3.14. The maximum absolute atomic E-state index is 5.75. The third-order valence-electron chi connectivity index (χ3n) is 4.58. The molecule has 1 unspecified atom stereocenters. The fourth-order valence-electron chi connectivity index (χ4n) is 3.17. The molecule has 152 valence electrons. The lowest BCUT2D eigenvalue weighted by Crippen LogP contribution is -2.45. The zero-order valence-corrected chi connectivity index (χ0v) is 18.8. The van der Waals surface area contributed by atoms with Gasteiger partial charge in [-0.25, -0.2) is 0 Å². The Kier molecular flexibility index (Phi) is 9.19. The number of hydrogen-bond donors (Lipinski definition) is 2. The number of para-hydroxylation sites is 1. The van der Waals surface area contributed by atoms with Gasteiger partial charge >= 0.3 is 0 Å². The Morgan fingerprint density at radius 3 is 2.68 bits per heavy atom. The van der Waals surface area contributed by atoms with E-state index in [9.17, 15) is 0 Å². The van der Waals surface area contributed by atoms with Crippen LogP contribution in [0.25, 0.3) is 0 Å². The largest absolute Gasteiger partial charge is 0.497 e. The van der Waals surface area contributed by atoms with Gasteiger partial charge < -0.3 is 25.0 Å². The minimum Gasteiger partial charge on any atom is -0.497 e. The summed E-state index contributed by atoms with van der Waals surface area (Å²) in [6.45, 7) is 3.25. The van der Waals surface area contributed by atoms with Crippen molar-refractivity contribution in [2.24, 2.45) is 4.99 Å². The van der Waals surface area contributed by atoms with Gasteiger partial charge in [-0.1, -0.05) is 24.3 Å². The maximum Gasteiger partial charge on any atom is 0.191 e. The fourth-order valence-corrected chi connectivity index (χ4v) is 3.17. The Labute approximate surface area is 184 Å². The van der Waals surface area contributed by atoms with Crippen LogP contribution in [0, 0.1) is 0 Å². The highest BCUT2D eigenvalue weighted by Crippen LogP contribution is 2.20. The Bertz CT molecular complexity index is 742. The van der Waals surface area contributed by atoms with Gasteiger partial charge in [-0.3, -0.25) is 4.99 Å². The second-order valence-corrected chi connectivity index (χ2v) is 6.44. The van der Waals surface area contributed by atoms with E-state index in [1.165, 1.54) is 5.69 Å². The molecule has 6 nitrogen and oxygen atoms in total. The first-order valence-electron chi connectivity index (χ1n) is 9.32. The highest BCUT2D eigenvalue weighted by Gasteiger charge is 2.23. The first-order valence-corrected chi connectivity index (χ1v) is 9.32. The Balaban J connectivity index is 0.00000280. The van der Waals surface area contributed by atoms with E-state index in [1.54, 1.807) is 14.2 Å². The van der Waals surface area contributed by atoms with Crippen LogP contribution in [0.5, 0.6) is 11.5 Å². The van der Waals surface area contributed by atoms with Gasteiger partial charge in [-0.15, -0.1) is 24.0 Å². The average molecular weight is 496 g/mol. The molecular weight excluding hydrogens is 467 g/mol. The maximum atomic E-state index is 5.75. The molecule has 2 aromatic rings. The SMILES string of the molecule is CN=C(NCCOc1cccc(OC)c1)NC1CCN(c2ccccc2)C1.I. The van der Waals surface area contributed by atoms with Gasteiger partial charge in [-0.05, 0) is 30.7 Å². The van der Waals surface area contributed by atoms with Crippen LogP contribution in [-0.2, 0) is 0 Å². The van der Waals surface area contributed by atoms with Crippen molar-refractivity contribution in [3.8, 4) is 11.5 Å². The molecule has 0 aromatic heterocycles. The van der Waals surface area contributed by atoms with E-state index in [4.69, 9.17) is 9.47 Å². The normalized spacial score (nSPS) is 16.3. The Morgan fingerprint density at radius 1 is 1.14 bits per heavy atom. The minimum absolute atomic E-state index is 0. The molecule has 0 saturated carbocycles. The molecule has 1 aliphatic rings. The summed E-state index contributed by atoms with van der Waals surface area (Å²) in [7, 11) is 3.44. The third kappa shape index (κ3) is 6.47. The van der Waals surface area contributed by atoms with E-state index in [0.717, 1.165) is 37.0 Å². The average Bonchev–Trinajstić information content (AvgIpc) is 3.19. The summed E-state index contributed by atoms with van der Waals surface area (Å²) in [6, 6.07) is 18.5. The number of nitrogens with one attached hydrogen (secondary N) is 2. The van der Waals surface area contributed by atoms with Gasteiger partial charge in [0.05, 0.1) is 13.7 Å². The molecule has 1 saturated heterocycles. The number of anilines is 1. The molecular formula is C21H29IN4O2. The summed E-state index contributed by atoms with van der Waals surface area (Å²) in [5, 5.41) is 6.82. The van der Waals surface area contributed by atoms with Crippen LogP contribution < -0.4 is 25.0 Å². The lowest BCUT2D eigenvalue weighted by atomic mass is 10.3. The van der Waals surface area contributed by atoms with Gasteiger partial charge in [0.15, 0.2) is 5.96 Å². The molecule has 1 fully saturated rings. The van der Waals surface area contributed by atoms with Crippen LogP contribution in [0.15, 0.2) is 59.6 Å². The molecule has 0 spiro atoms. The molecule has 2 N–H and O–H groups in total. The number of hydrogen-bond acceptors (Lipinski definition) is 4. The van der Waals surface area contributed by atoms with E-state index >= 15 is 0 Å². The Hall–Kier alpha value is -2.16. The quantitative estimate of drug-likeness (QED) is 0.267. The zero-order valence-electron chi connectivity index (χ0n) is 16.4. The standard InChI is InChI=1S/C21H28N4O2.HI/c1-22-21(23-12-14-27-20-10-6-9-19(15-20)26-2)24-17-11-13-25(16-17)18-7-4-3-5-8-18;/h3-10,15,17H,11-14,16H2,1-2H3,(H2,22,23,24);1H. The fraction of sp³-hybridized carbons (Fsp3) is 0.381. The van der Waals surface area contributed by atoms with E-state index in [2.05, 4.69) is 50.9 Å². The third-order valence-corrected chi connectivity index (χ3v) is 4.58. The molecule has 1 atom stereocenters. The van der Waals surface area contributed by atoms with Crippen molar-refractivity contribution in [3.63, 3.8) is 0 Å². The van der Waals surface area contributed by atoms with Crippen molar-refractivity contribution >= 4 is 35.6 Å². The summed E-state index contributed by atoms with van der Waals surface area (Å²) in [5.41, 5.74) is 1.27. The van der Waals surface area contributed by atoms with Crippen LogP contribution in [0.1, 0.15) is 6.42 Å². The summed E-state index contributed by atoms with van der Waals surface area (Å²) in [5.74, 6) is 2.40. The van der Waals surface area contributed by atoms with Crippen molar-refractivity contribution in [2.75, 3.05) is 45.3 Å². The number of benzene rings is 2. The molecule has 0 bridgehead atoms. The highest BCUT2D eigenvalue weighted by atomic mass is 127. The van der Waals surface area contributed by atoms with Crippen molar-refractivity contribution in [3.05, 3.63) is 54.6 Å². The number of rotatable bonds is 7. The van der Waals surface area contributed by atoms with Crippen molar-refractivity contribution in [2.45, 2.75) is 12.5 Å². The van der Waals surface area contributed by atoms with Crippen LogP contribution in [-0.4, -0.2) is 52.4 Å². The predicted molar refractivity (Wildman–Crippen MR) is 125 cm³/mol. The second-order valence-electron chi connectivity index (χ2n) is 6.44. The molecule has 28 heavy (non-hydrogen) atoms. The van der Waals surface area contributed by atoms with Crippen molar-refractivity contribution in [1.29, 1.82) is 0 Å². The van der Waals surface area contributed by atoms with Crippen LogP contribution in [0.2, 0.25) is 0 Å². The number of guanidine groups is 1. The van der Waals surface area contributed by atoms with Crippen LogP contribution in [0.4, 0.5) is 5.69 Å². The lowest BCUT2D eigenvalue weighted by molar-refractivity contribution is 0.318. The monoisotopic (exact) mass is 496 g/mol. The molecule has 7 heteroatoms. The number of nitrogens with zero attached hydrogens (tertiary/aromatic N) is 2. The van der Waals surface area contributed by atoms with E-state index in [-0.39, 0.29) is 24.0 Å². The first kappa shape index (κ1) is 22.1. The second kappa shape index (κ2) is 11.6. The zero-order chi connectivity index (χ0) is 18.9. The molecule has 2 aromatic carbocycles. The van der Waals surface area contributed by atoms with E-state index in [0.29, 0.717) is 19.2 Å². The number of halogens is 1. The first-order chi connectivity index (χ1) is 13.3. The molecule has 1 heterocycles. The molecule has 0 aliphatic carbocycles. The summed E-state index contributed by atoms with van der Waals surface area (Å²) < 4.78 is 11.0. The summed E-state index contributed by atoms with van der Waals surface area (Å²) in [6.07, 6.45) is 1.09. The van der Waals surface area contributed by atoms with Gasteiger partial charge in [0.1, 0.15) is 18.1 Å². The number of aliphatic imine (C=N–C) groups is 1. The number of methoxy groups -OCH3 is 1. The van der Waals surface area contributed by atoms with E-state index < -0.39 is 0 Å². The molecule has 0 amide bonds. The summed E-state index contributed by atoms with van der Waals surface area (Å²) in [4.78, 5) is 6.72. The molecule has 1 aliphatic heterocycles. The number of ether oxygens (including phenoxy) is 2. The Morgan fingerprint density at radius 2 is 1.93 bits per heavy atom. The topological polar surface area (TPSA) is 58.1 Å². The smallest absolute Gasteiger partial charge is 0.191 e. The van der Waals surface area contributed by atoms with Crippen LogP contribution in [0.3, 0.4) is 0 Å². The minimum atomic E-state index is 0. The van der Waals surface area contributed by atoms with Crippen LogP contribution >= 0.6 is 24.0 Å². The molecule has 3 rings (SSSR count). The molecule has 0 radical (unpaired) electrons. The van der Waals surface area contributed by atoms with Gasteiger partial charge in [0, 0.05) is 37.9 Å². The van der Waals surface area contributed by atoms with Crippen molar-refractivity contribution in [1.82, 2.24) is 10.6 Å². The van der Waals surface area contributed by atoms with Gasteiger partial charge in [0.25, 0.3) is 0 Å². The van der Waals surface area contributed by atoms with E-state index in [1.807, 2.05) is 24.3 Å². The van der Waals surface area contributed by atoms with Gasteiger partial charge in [0.2, 0.25) is 0 Å². The van der Waals surface area contributed by atoms with Crippen molar-refractivity contribution < 1.29 is 9.47 Å². The lowest BCUT2D eigenvalue weighted by Gasteiger charge is -2.20. The summed E-state index contributed by atoms with van der Waals surface area (Å²) >= 11 is 0.